The van der Waals surface area contributed by atoms with Gasteiger partial charge in [-0.05, 0) is 17.2 Å². The molecule has 1 aromatic heterocycles. The van der Waals surface area contributed by atoms with Crippen LogP contribution in [0.1, 0.15) is 21.7 Å². The van der Waals surface area contributed by atoms with Gasteiger partial charge in [-0.15, -0.1) is 0 Å². The Morgan fingerprint density at radius 1 is 1.12 bits per heavy atom. The number of furan rings is 1. The molecular weight excluding hydrogens is 466 g/mol. The molecule has 34 heavy (non-hydrogen) atoms. The summed E-state index contributed by atoms with van der Waals surface area (Å²) in [6, 6.07) is 12.5. The smallest absolute Gasteiger partial charge is 0.414 e. The van der Waals surface area contributed by atoms with Crippen LogP contribution in [0.4, 0.5) is 10.5 Å². The topological polar surface area (TPSA) is 122 Å². The van der Waals surface area contributed by atoms with Gasteiger partial charge < -0.3 is 18.6 Å². The van der Waals surface area contributed by atoms with Gasteiger partial charge in [0.1, 0.15) is 6.61 Å². The Labute approximate surface area is 196 Å². The number of rotatable bonds is 6. The average Bonchev–Trinajstić information content (AvgIpc) is 3.27. The molecule has 0 aliphatic carbocycles. The van der Waals surface area contributed by atoms with E-state index in [1.165, 1.54) is 25.2 Å². The summed E-state index contributed by atoms with van der Waals surface area (Å²) >= 11 is 0. The fraction of sp³-hybridized carbons (Fsp3) is 0.304. The van der Waals surface area contributed by atoms with Crippen molar-refractivity contribution in [2.75, 3.05) is 31.9 Å². The zero-order valence-electron chi connectivity index (χ0n) is 18.8. The maximum absolute atomic E-state index is 12.6. The van der Waals surface area contributed by atoms with Crippen LogP contribution in [0.2, 0.25) is 0 Å². The van der Waals surface area contributed by atoms with E-state index in [-0.39, 0.29) is 30.9 Å². The predicted octanol–water partition coefficient (Wildman–Crippen LogP) is 3.27. The number of hydrogen-bond donors (Lipinski definition) is 0. The van der Waals surface area contributed by atoms with E-state index in [1.54, 1.807) is 6.07 Å². The van der Waals surface area contributed by atoms with Gasteiger partial charge in [0.25, 0.3) is 10.1 Å². The zero-order chi connectivity index (χ0) is 24.5. The standard InChI is InChI=1S/C23H23NO9S/c1-29-22(25)20-10-17-16-9-15(33-34(3,27)28)12-24(23(26)30-2)18(16)11-19(21(17)32-20)31-13-14-7-5-4-6-8-14/h4-8,10-11,15H,9,12-13H2,1-3H3. The molecular formula is C23H23NO9S. The third kappa shape index (κ3) is 4.85. The number of carbonyl (C=O) groups excluding carboxylic acids is 2. The summed E-state index contributed by atoms with van der Waals surface area (Å²) in [6.45, 7) is 0.152. The third-order valence-corrected chi connectivity index (χ3v) is 5.92. The molecule has 1 atom stereocenters. The van der Waals surface area contributed by atoms with Crippen LogP contribution in [-0.4, -0.2) is 53.6 Å². The van der Waals surface area contributed by atoms with Crippen LogP contribution in [0.5, 0.6) is 5.75 Å². The summed E-state index contributed by atoms with van der Waals surface area (Å²) in [5.41, 5.74) is 2.15. The largest absolute Gasteiger partial charge is 0.485 e. The van der Waals surface area contributed by atoms with Gasteiger partial charge in [-0.2, -0.15) is 8.42 Å². The molecule has 3 aromatic rings. The summed E-state index contributed by atoms with van der Waals surface area (Å²) in [6.07, 6.45) is -0.481. The van der Waals surface area contributed by atoms with Gasteiger partial charge in [0, 0.05) is 17.9 Å². The molecule has 0 radical (unpaired) electrons. The Bertz CT molecular complexity index is 1330. The molecule has 0 N–H and O–H groups in total. The van der Waals surface area contributed by atoms with Gasteiger partial charge in [0.2, 0.25) is 5.76 Å². The first-order valence-corrected chi connectivity index (χ1v) is 12.1. The molecule has 1 aliphatic heterocycles. The number of esters is 1. The fourth-order valence-electron chi connectivity index (χ4n) is 3.90. The minimum atomic E-state index is -3.80. The van der Waals surface area contributed by atoms with Crippen molar-refractivity contribution >= 4 is 38.8 Å². The predicted molar refractivity (Wildman–Crippen MR) is 121 cm³/mol. The maximum atomic E-state index is 12.6. The number of hydrogen-bond acceptors (Lipinski definition) is 9. The van der Waals surface area contributed by atoms with Crippen LogP contribution in [0.3, 0.4) is 0 Å². The van der Waals surface area contributed by atoms with Crippen molar-refractivity contribution < 1.29 is 40.8 Å². The van der Waals surface area contributed by atoms with Crippen molar-refractivity contribution in [1.82, 2.24) is 0 Å². The lowest BCUT2D eigenvalue weighted by Crippen LogP contribution is -2.44. The summed E-state index contributed by atoms with van der Waals surface area (Å²) in [7, 11) is -1.34. The molecule has 1 amide bonds. The maximum Gasteiger partial charge on any atom is 0.414 e. The third-order valence-electron chi connectivity index (χ3n) is 5.30. The first-order valence-electron chi connectivity index (χ1n) is 10.3. The summed E-state index contributed by atoms with van der Waals surface area (Å²) in [5, 5.41) is 0.469. The first kappa shape index (κ1) is 23.6. The average molecular weight is 490 g/mol. The number of carbonyl (C=O) groups is 2. The highest BCUT2D eigenvalue weighted by molar-refractivity contribution is 7.86. The number of methoxy groups -OCH3 is 2. The summed E-state index contributed by atoms with van der Waals surface area (Å²) in [5.74, 6) is -0.459. The van der Waals surface area contributed by atoms with Gasteiger partial charge in [0.05, 0.1) is 38.8 Å². The minimum Gasteiger partial charge on any atom is -0.485 e. The van der Waals surface area contributed by atoms with Crippen molar-refractivity contribution in [2.24, 2.45) is 0 Å². The monoisotopic (exact) mass is 489 g/mol. The summed E-state index contributed by atoms with van der Waals surface area (Å²) < 4.78 is 50.2. The van der Waals surface area contributed by atoms with E-state index >= 15 is 0 Å². The molecule has 0 saturated carbocycles. The van der Waals surface area contributed by atoms with Crippen LogP contribution < -0.4 is 9.64 Å². The Kier molecular flexibility index (Phi) is 6.49. The first-order chi connectivity index (χ1) is 16.2. The second-order valence-corrected chi connectivity index (χ2v) is 9.30. The van der Waals surface area contributed by atoms with Crippen molar-refractivity contribution in [3.63, 3.8) is 0 Å². The Morgan fingerprint density at radius 3 is 2.50 bits per heavy atom. The van der Waals surface area contributed by atoms with E-state index in [1.807, 2.05) is 30.3 Å². The highest BCUT2D eigenvalue weighted by atomic mass is 32.2. The van der Waals surface area contributed by atoms with Gasteiger partial charge in [-0.25, -0.2) is 9.59 Å². The molecule has 180 valence electrons. The van der Waals surface area contributed by atoms with Crippen LogP contribution in [0, 0.1) is 0 Å². The molecule has 11 heteroatoms. The van der Waals surface area contributed by atoms with Crippen LogP contribution in [-0.2, 0) is 36.8 Å². The number of ether oxygens (including phenoxy) is 3. The van der Waals surface area contributed by atoms with Crippen molar-refractivity contribution in [2.45, 2.75) is 19.1 Å². The van der Waals surface area contributed by atoms with E-state index in [0.29, 0.717) is 22.4 Å². The number of fused-ring (bicyclic) bond motifs is 3. The lowest BCUT2D eigenvalue weighted by molar-refractivity contribution is 0.0567. The van der Waals surface area contributed by atoms with E-state index in [9.17, 15) is 18.0 Å². The van der Waals surface area contributed by atoms with Crippen LogP contribution >= 0.6 is 0 Å². The molecule has 4 rings (SSSR count). The number of anilines is 1. The van der Waals surface area contributed by atoms with E-state index in [2.05, 4.69) is 0 Å². The highest BCUT2D eigenvalue weighted by Gasteiger charge is 2.35. The normalized spacial score (nSPS) is 15.6. The molecule has 0 bridgehead atoms. The lowest BCUT2D eigenvalue weighted by Gasteiger charge is -2.33. The molecule has 1 unspecified atom stereocenters. The number of nitrogens with zero attached hydrogens (tertiary/aromatic N) is 1. The lowest BCUT2D eigenvalue weighted by atomic mass is 9.96. The molecule has 0 fully saturated rings. The van der Waals surface area contributed by atoms with E-state index < -0.39 is 28.3 Å². The molecule has 2 heterocycles. The molecule has 0 saturated heterocycles. The van der Waals surface area contributed by atoms with Crippen LogP contribution in [0.25, 0.3) is 11.0 Å². The highest BCUT2D eigenvalue weighted by Crippen LogP contribution is 2.42. The van der Waals surface area contributed by atoms with Crippen LogP contribution in [0.15, 0.2) is 46.9 Å². The Morgan fingerprint density at radius 2 is 1.85 bits per heavy atom. The zero-order valence-corrected chi connectivity index (χ0v) is 19.6. The van der Waals surface area contributed by atoms with E-state index in [4.69, 9.17) is 22.8 Å². The van der Waals surface area contributed by atoms with Gasteiger partial charge in [-0.1, -0.05) is 30.3 Å². The second-order valence-electron chi connectivity index (χ2n) is 7.70. The Balaban J connectivity index is 1.85. The van der Waals surface area contributed by atoms with Crippen molar-refractivity contribution in [3.8, 4) is 5.75 Å². The molecule has 2 aromatic carbocycles. The van der Waals surface area contributed by atoms with Gasteiger partial charge in [0.15, 0.2) is 11.3 Å². The molecule has 1 aliphatic rings. The molecule has 10 nitrogen and oxygen atoms in total. The van der Waals surface area contributed by atoms with Gasteiger partial charge >= 0.3 is 12.1 Å². The number of benzene rings is 2. The quantitative estimate of drug-likeness (QED) is 0.379. The minimum absolute atomic E-state index is 0.0575. The fourth-order valence-corrected chi connectivity index (χ4v) is 4.52. The summed E-state index contributed by atoms with van der Waals surface area (Å²) in [4.78, 5) is 26.0. The Hall–Kier alpha value is -3.57. The number of amides is 1. The van der Waals surface area contributed by atoms with E-state index in [0.717, 1.165) is 11.8 Å². The second kappa shape index (κ2) is 9.35. The molecule has 0 spiro atoms. The SMILES string of the molecule is COC(=O)c1cc2c3c(cc(OCc4ccccc4)c2o1)N(C(=O)OC)CC(OS(C)(=O)=O)C3. The van der Waals surface area contributed by atoms with Crippen molar-refractivity contribution in [1.29, 1.82) is 0 Å². The van der Waals surface area contributed by atoms with Crippen molar-refractivity contribution in [3.05, 3.63) is 59.4 Å². The van der Waals surface area contributed by atoms with Gasteiger partial charge in [-0.3, -0.25) is 9.08 Å².